The fourth-order valence-corrected chi connectivity index (χ4v) is 4.07. The Labute approximate surface area is 173 Å². The van der Waals surface area contributed by atoms with E-state index in [1.165, 1.54) is 11.3 Å². The first kappa shape index (κ1) is 19.5. The fraction of sp³-hybridized carbons (Fsp3) is 0.333. The SMILES string of the molecule is CC1CN(C(=O)c2ccc(CNc3nnc(-c4ccccn4)s3)cc2)CC(C)O1. The zero-order valence-electron chi connectivity index (χ0n) is 16.4. The van der Waals surface area contributed by atoms with Crippen LogP contribution in [0.1, 0.15) is 29.8 Å². The zero-order chi connectivity index (χ0) is 20.2. The standard InChI is InChI=1S/C21H23N5O2S/c1-14-12-26(13-15(2)28-14)20(27)17-8-6-16(7-9-17)11-23-21-25-24-19(29-21)18-5-3-4-10-22-18/h3-10,14-15H,11-13H2,1-2H3,(H,23,25). The van der Waals surface area contributed by atoms with Gasteiger partial charge < -0.3 is 15.0 Å². The second-order valence-electron chi connectivity index (χ2n) is 7.15. The minimum absolute atomic E-state index is 0.0515. The molecule has 2 aromatic heterocycles. The van der Waals surface area contributed by atoms with Crippen molar-refractivity contribution in [3.63, 3.8) is 0 Å². The lowest BCUT2D eigenvalue weighted by molar-refractivity contribution is -0.0586. The molecule has 0 bridgehead atoms. The Hall–Kier alpha value is -2.84. The Morgan fingerprint density at radius 3 is 2.59 bits per heavy atom. The number of pyridine rings is 1. The summed E-state index contributed by atoms with van der Waals surface area (Å²) in [6.45, 7) is 5.86. The Morgan fingerprint density at radius 1 is 1.14 bits per heavy atom. The van der Waals surface area contributed by atoms with Crippen molar-refractivity contribution < 1.29 is 9.53 Å². The van der Waals surface area contributed by atoms with Crippen molar-refractivity contribution >= 4 is 22.4 Å². The Bertz CT molecular complexity index is 951. The molecule has 1 saturated heterocycles. The predicted octanol–water partition coefficient (Wildman–Crippen LogP) is 3.46. The second kappa shape index (κ2) is 8.67. The van der Waals surface area contributed by atoms with Crippen molar-refractivity contribution in [1.82, 2.24) is 20.1 Å². The van der Waals surface area contributed by atoms with Gasteiger partial charge in [0.25, 0.3) is 5.91 Å². The van der Waals surface area contributed by atoms with Crippen molar-refractivity contribution in [1.29, 1.82) is 0 Å². The monoisotopic (exact) mass is 409 g/mol. The molecule has 2 unspecified atom stereocenters. The molecule has 0 saturated carbocycles. The van der Waals surface area contributed by atoms with Gasteiger partial charge in [-0.05, 0) is 43.7 Å². The highest BCUT2D eigenvalue weighted by atomic mass is 32.1. The van der Waals surface area contributed by atoms with Crippen LogP contribution in [-0.2, 0) is 11.3 Å². The van der Waals surface area contributed by atoms with Gasteiger partial charge in [-0.15, -0.1) is 10.2 Å². The third-order valence-electron chi connectivity index (χ3n) is 4.66. The summed E-state index contributed by atoms with van der Waals surface area (Å²) >= 11 is 1.46. The lowest BCUT2D eigenvalue weighted by atomic mass is 10.1. The van der Waals surface area contributed by atoms with Gasteiger partial charge in [-0.25, -0.2) is 0 Å². The Morgan fingerprint density at radius 2 is 1.90 bits per heavy atom. The minimum atomic E-state index is 0.0515. The van der Waals surface area contributed by atoms with Gasteiger partial charge in [-0.3, -0.25) is 9.78 Å². The average Bonchev–Trinajstić information content (AvgIpc) is 3.21. The Kier molecular flexibility index (Phi) is 5.82. The molecule has 1 amide bonds. The summed E-state index contributed by atoms with van der Waals surface area (Å²) in [5, 5.41) is 13.2. The summed E-state index contributed by atoms with van der Waals surface area (Å²) in [4.78, 5) is 18.9. The normalized spacial score (nSPS) is 19.2. The fourth-order valence-electron chi connectivity index (χ4n) is 3.36. The van der Waals surface area contributed by atoms with Crippen LogP contribution in [0.2, 0.25) is 0 Å². The number of hydrogen-bond donors (Lipinski definition) is 1. The molecule has 1 fully saturated rings. The molecule has 1 aliphatic rings. The van der Waals surface area contributed by atoms with Gasteiger partial charge in [0.05, 0.1) is 12.2 Å². The quantitative estimate of drug-likeness (QED) is 0.695. The van der Waals surface area contributed by atoms with E-state index < -0.39 is 0 Å². The third-order valence-corrected chi connectivity index (χ3v) is 5.56. The average molecular weight is 410 g/mol. The van der Waals surface area contributed by atoms with Crippen molar-refractivity contribution in [3.8, 4) is 10.7 Å². The molecule has 2 atom stereocenters. The van der Waals surface area contributed by atoms with E-state index in [4.69, 9.17) is 4.74 Å². The number of amides is 1. The summed E-state index contributed by atoms with van der Waals surface area (Å²) in [5.74, 6) is 0.0515. The third kappa shape index (κ3) is 4.78. The molecule has 1 aliphatic heterocycles. The minimum Gasteiger partial charge on any atom is -0.372 e. The van der Waals surface area contributed by atoms with E-state index in [-0.39, 0.29) is 18.1 Å². The van der Waals surface area contributed by atoms with E-state index >= 15 is 0 Å². The van der Waals surface area contributed by atoms with Crippen molar-refractivity contribution in [2.24, 2.45) is 0 Å². The maximum absolute atomic E-state index is 12.8. The molecular weight excluding hydrogens is 386 g/mol. The van der Waals surface area contributed by atoms with Crippen LogP contribution in [0.4, 0.5) is 5.13 Å². The summed E-state index contributed by atoms with van der Waals surface area (Å²) in [6.07, 6.45) is 1.87. The largest absolute Gasteiger partial charge is 0.372 e. The number of aromatic nitrogens is 3. The molecule has 4 rings (SSSR count). The number of carbonyl (C=O) groups excluding carboxylic acids is 1. The molecule has 3 heterocycles. The lowest BCUT2D eigenvalue weighted by Crippen LogP contribution is -2.48. The number of morpholine rings is 1. The van der Waals surface area contributed by atoms with E-state index in [0.717, 1.165) is 21.4 Å². The van der Waals surface area contributed by atoms with Crippen LogP contribution in [0, 0.1) is 0 Å². The number of rotatable bonds is 5. The number of carbonyl (C=O) groups is 1. The van der Waals surface area contributed by atoms with Crippen LogP contribution in [0.15, 0.2) is 48.7 Å². The summed E-state index contributed by atoms with van der Waals surface area (Å²) in [5.41, 5.74) is 2.58. The first-order chi connectivity index (χ1) is 14.1. The maximum Gasteiger partial charge on any atom is 0.254 e. The smallest absolute Gasteiger partial charge is 0.254 e. The number of nitrogens with one attached hydrogen (secondary N) is 1. The second-order valence-corrected chi connectivity index (χ2v) is 8.12. The molecule has 1 N–H and O–H groups in total. The van der Waals surface area contributed by atoms with E-state index in [9.17, 15) is 4.79 Å². The maximum atomic E-state index is 12.8. The lowest BCUT2D eigenvalue weighted by Gasteiger charge is -2.35. The van der Waals surface area contributed by atoms with Gasteiger partial charge in [0.15, 0.2) is 5.01 Å². The topological polar surface area (TPSA) is 80.2 Å². The molecule has 29 heavy (non-hydrogen) atoms. The molecular formula is C21H23N5O2S. The number of hydrogen-bond acceptors (Lipinski definition) is 7. The summed E-state index contributed by atoms with van der Waals surface area (Å²) in [7, 11) is 0. The predicted molar refractivity (Wildman–Crippen MR) is 113 cm³/mol. The molecule has 7 nitrogen and oxygen atoms in total. The van der Waals surface area contributed by atoms with Gasteiger partial charge in [-0.1, -0.05) is 29.5 Å². The molecule has 0 aliphatic carbocycles. The summed E-state index contributed by atoms with van der Waals surface area (Å²) in [6, 6.07) is 13.4. The van der Waals surface area contributed by atoms with Gasteiger partial charge >= 0.3 is 0 Å². The van der Waals surface area contributed by atoms with E-state index in [1.807, 2.05) is 61.2 Å². The molecule has 150 valence electrons. The van der Waals surface area contributed by atoms with Crippen molar-refractivity contribution in [2.45, 2.75) is 32.6 Å². The van der Waals surface area contributed by atoms with Gasteiger partial charge in [0.2, 0.25) is 5.13 Å². The van der Waals surface area contributed by atoms with Crippen LogP contribution in [0.5, 0.6) is 0 Å². The van der Waals surface area contributed by atoms with Gasteiger partial charge in [0.1, 0.15) is 5.69 Å². The van der Waals surface area contributed by atoms with Crippen LogP contribution in [0.25, 0.3) is 10.7 Å². The molecule has 0 spiro atoms. The van der Waals surface area contributed by atoms with Crippen molar-refractivity contribution in [2.75, 3.05) is 18.4 Å². The molecule has 8 heteroatoms. The number of benzene rings is 1. The molecule has 1 aromatic carbocycles. The number of anilines is 1. The van der Waals surface area contributed by atoms with Gasteiger partial charge in [-0.2, -0.15) is 0 Å². The van der Waals surface area contributed by atoms with E-state index in [1.54, 1.807) is 6.20 Å². The van der Waals surface area contributed by atoms with E-state index in [0.29, 0.717) is 25.2 Å². The van der Waals surface area contributed by atoms with Crippen molar-refractivity contribution in [3.05, 3.63) is 59.8 Å². The number of nitrogens with zero attached hydrogens (tertiary/aromatic N) is 4. The first-order valence-corrected chi connectivity index (χ1v) is 10.4. The summed E-state index contributed by atoms with van der Waals surface area (Å²) < 4.78 is 5.71. The molecule has 0 radical (unpaired) electrons. The van der Waals surface area contributed by atoms with E-state index in [2.05, 4.69) is 20.5 Å². The van der Waals surface area contributed by atoms with Crippen LogP contribution in [-0.4, -0.2) is 51.3 Å². The van der Waals surface area contributed by atoms with Crippen LogP contribution >= 0.6 is 11.3 Å². The van der Waals surface area contributed by atoms with Crippen LogP contribution < -0.4 is 5.32 Å². The van der Waals surface area contributed by atoms with Crippen LogP contribution in [0.3, 0.4) is 0 Å². The highest BCUT2D eigenvalue weighted by Crippen LogP contribution is 2.24. The Balaban J connectivity index is 1.35. The molecule has 3 aromatic rings. The van der Waals surface area contributed by atoms with Gasteiger partial charge in [0, 0.05) is 31.4 Å². The first-order valence-electron chi connectivity index (χ1n) is 9.61. The highest BCUT2D eigenvalue weighted by molar-refractivity contribution is 7.18. The zero-order valence-corrected chi connectivity index (χ0v) is 17.2. The highest BCUT2D eigenvalue weighted by Gasteiger charge is 2.26. The number of ether oxygens (including phenoxy) is 1.